The summed E-state index contributed by atoms with van der Waals surface area (Å²) in [6, 6.07) is 8.31. The summed E-state index contributed by atoms with van der Waals surface area (Å²) in [5.41, 5.74) is 1.43. The van der Waals surface area contributed by atoms with Crippen molar-refractivity contribution in [2.24, 2.45) is 5.92 Å². The summed E-state index contributed by atoms with van der Waals surface area (Å²) in [6.07, 6.45) is 15.9. The topological polar surface area (TPSA) is 99.7 Å². The Morgan fingerprint density at radius 2 is 1.71 bits per heavy atom. The van der Waals surface area contributed by atoms with Gasteiger partial charge in [0.25, 0.3) is 0 Å². The molecule has 2 aromatic rings. The SMILES string of the molecule is CC1C=CC=CN1c1cccc(-c2nc(NC3CCCC(NC(=O)C4CCN(C(=O)OC(C)(C)C)CC4)CCC3)ncc2F)c1. The molecule has 10 heteroatoms. The maximum atomic E-state index is 14.9. The second-order valence-corrected chi connectivity index (χ2v) is 13.5. The minimum Gasteiger partial charge on any atom is -0.444 e. The van der Waals surface area contributed by atoms with Gasteiger partial charge in [0, 0.05) is 54.6 Å². The third-order valence-electron chi connectivity index (χ3n) is 8.76. The van der Waals surface area contributed by atoms with Crippen LogP contribution in [-0.2, 0) is 9.53 Å². The van der Waals surface area contributed by atoms with Crippen molar-refractivity contribution in [3.05, 3.63) is 60.7 Å². The highest BCUT2D eigenvalue weighted by molar-refractivity contribution is 5.79. The van der Waals surface area contributed by atoms with Crippen LogP contribution < -0.4 is 15.5 Å². The van der Waals surface area contributed by atoms with Crippen molar-refractivity contribution in [1.29, 1.82) is 0 Å². The van der Waals surface area contributed by atoms with E-state index in [-0.39, 0.29) is 41.7 Å². The van der Waals surface area contributed by atoms with Crippen molar-refractivity contribution in [1.82, 2.24) is 20.2 Å². The van der Waals surface area contributed by atoms with E-state index >= 15 is 0 Å². The lowest BCUT2D eigenvalue weighted by Gasteiger charge is -2.34. The molecule has 1 saturated heterocycles. The summed E-state index contributed by atoms with van der Waals surface area (Å²) < 4.78 is 20.4. The van der Waals surface area contributed by atoms with Gasteiger partial charge < -0.3 is 25.2 Å². The molecule has 1 aliphatic carbocycles. The standard InChI is InChI=1S/C35H47FN6O3/c1-24-10-5-6-19-42(24)29-16-7-11-26(22-29)31-30(36)23-37-33(40-31)39-28-14-8-12-27(13-9-15-28)38-32(43)25-17-20-41(21-18-25)34(44)45-35(2,3)4/h5-7,10-11,16,19,22-25,27-28H,8-9,12-15,17-18,20-21H2,1-4H3,(H,38,43)(H,37,39,40). The van der Waals surface area contributed by atoms with Crippen molar-refractivity contribution in [2.75, 3.05) is 23.3 Å². The van der Waals surface area contributed by atoms with Gasteiger partial charge in [-0.3, -0.25) is 4.79 Å². The van der Waals surface area contributed by atoms with Crippen molar-refractivity contribution < 1.29 is 18.7 Å². The molecular weight excluding hydrogens is 571 g/mol. The average Bonchev–Trinajstić information content (AvgIpc) is 3.00. The van der Waals surface area contributed by atoms with Crippen LogP contribution in [0.4, 0.5) is 20.8 Å². The average molecular weight is 619 g/mol. The fraction of sp³-hybridized carbons (Fsp3) is 0.543. The number of rotatable bonds is 6. The molecular formula is C35H47FN6O3. The fourth-order valence-electron chi connectivity index (χ4n) is 6.32. The number of carbonyl (C=O) groups excluding carboxylic acids is 2. The van der Waals surface area contributed by atoms with Crippen LogP contribution in [-0.4, -0.2) is 63.7 Å². The maximum absolute atomic E-state index is 14.9. The number of ether oxygens (including phenoxy) is 1. The first-order chi connectivity index (χ1) is 21.6. The van der Waals surface area contributed by atoms with Crippen LogP contribution in [0.1, 0.15) is 79.1 Å². The van der Waals surface area contributed by atoms with E-state index in [1.54, 1.807) is 4.90 Å². The third kappa shape index (κ3) is 8.83. The molecule has 1 aromatic carbocycles. The summed E-state index contributed by atoms with van der Waals surface area (Å²) in [5, 5.41) is 6.75. The molecule has 2 aliphatic heterocycles. The predicted octanol–water partition coefficient (Wildman–Crippen LogP) is 6.83. The van der Waals surface area contributed by atoms with Gasteiger partial charge in [-0.2, -0.15) is 0 Å². The van der Waals surface area contributed by atoms with E-state index in [2.05, 4.69) is 38.5 Å². The number of likely N-dealkylation sites (tertiary alicyclic amines) is 1. The Labute approximate surface area is 266 Å². The zero-order chi connectivity index (χ0) is 32.0. The molecule has 45 heavy (non-hydrogen) atoms. The van der Waals surface area contributed by atoms with Crippen LogP contribution in [0.25, 0.3) is 11.3 Å². The number of amides is 2. The normalized spacial score (nSPS) is 22.8. The number of benzene rings is 1. The van der Waals surface area contributed by atoms with E-state index in [4.69, 9.17) is 4.74 Å². The number of hydrogen-bond acceptors (Lipinski definition) is 7. The molecule has 1 saturated carbocycles. The number of allylic oxidation sites excluding steroid dienone is 2. The molecule has 0 spiro atoms. The number of halogens is 1. The molecule has 3 aliphatic rings. The molecule has 242 valence electrons. The first-order valence-corrected chi connectivity index (χ1v) is 16.4. The predicted molar refractivity (Wildman–Crippen MR) is 175 cm³/mol. The number of nitrogens with one attached hydrogen (secondary N) is 2. The van der Waals surface area contributed by atoms with Crippen LogP contribution in [0.3, 0.4) is 0 Å². The Morgan fingerprint density at radius 1 is 1.00 bits per heavy atom. The zero-order valence-corrected chi connectivity index (χ0v) is 27.0. The van der Waals surface area contributed by atoms with Gasteiger partial charge >= 0.3 is 6.09 Å². The minimum atomic E-state index is -0.526. The van der Waals surface area contributed by atoms with Gasteiger partial charge in [-0.1, -0.05) is 24.3 Å². The van der Waals surface area contributed by atoms with Crippen molar-refractivity contribution in [2.45, 2.75) is 103 Å². The lowest BCUT2D eigenvalue weighted by Crippen LogP contribution is -2.46. The first-order valence-electron chi connectivity index (χ1n) is 16.4. The van der Waals surface area contributed by atoms with Gasteiger partial charge in [-0.15, -0.1) is 0 Å². The molecule has 0 radical (unpaired) electrons. The molecule has 9 nitrogen and oxygen atoms in total. The quantitative estimate of drug-likeness (QED) is 0.366. The van der Waals surface area contributed by atoms with E-state index in [0.29, 0.717) is 37.4 Å². The molecule has 2 amide bonds. The first kappa shape index (κ1) is 32.4. The van der Waals surface area contributed by atoms with Gasteiger partial charge in [0.15, 0.2) is 5.82 Å². The molecule has 5 rings (SSSR count). The van der Waals surface area contributed by atoms with E-state index in [1.807, 2.05) is 63.4 Å². The number of hydrogen-bond donors (Lipinski definition) is 2. The Hall–Kier alpha value is -3.95. The second-order valence-electron chi connectivity index (χ2n) is 13.5. The largest absolute Gasteiger partial charge is 0.444 e. The Morgan fingerprint density at radius 3 is 2.40 bits per heavy atom. The Balaban J connectivity index is 1.11. The summed E-state index contributed by atoms with van der Waals surface area (Å²) in [6.45, 7) is 8.77. The number of carbonyl (C=O) groups is 2. The maximum Gasteiger partial charge on any atom is 0.410 e. The molecule has 0 bridgehead atoms. The Bertz CT molecular complexity index is 1390. The van der Waals surface area contributed by atoms with Crippen LogP contribution in [0.2, 0.25) is 0 Å². The van der Waals surface area contributed by atoms with Gasteiger partial charge in [0.1, 0.15) is 11.3 Å². The van der Waals surface area contributed by atoms with E-state index in [0.717, 1.165) is 44.2 Å². The van der Waals surface area contributed by atoms with Gasteiger partial charge in [-0.25, -0.2) is 19.2 Å². The summed E-state index contributed by atoms with van der Waals surface area (Å²) in [4.78, 5) is 38.1. The molecule has 3 heterocycles. The smallest absolute Gasteiger partial charge is 0.410 e. The van der Waals surface area contributed by atoms with E-state index in [9.17, 15) is 14.0 Å². The van der Waals surface area contributed by atoms with Crippen molar-refractivity contribution in [3.63, 3.8) is 0 Å². The van der Waals surface area contributed by atoms with Crippen molar-refractivity contribution in [3.8, 4) is 11.3 Å². The lowest BCUT2D eigenvalue weighted by atomic mass is 9.91. The van der Waals surface area contributed by atoms with Crippen LogP contribution >= 0.6 is 0 Å². The van der Waals surface area contributed by atoms with Gasteiger partial charge in [0.05, 0.1) is 6.20 Å². The Kier molecular flexibility index (Phi) is 10.4. The summed E-state index contributed by atoms with van der Waals surface area (Å²) in [7, 11) is 0. The summed E-state index contributed by atoms with van der Waals surface area (Å²) >= 11 is 0. The molecule has 2 N–H and O–H groups in total. The van der Waals surface area contributed by atoms with Crippen LogP contribution in [0.5, 0.6) is 0 Å². The minimum absolute atomic E-state index is 0.0781. The van der Waals surface area contributed by atoms with Gasteiger partial charge in [0.2, 0.25) is 11.9 Å². The second kappa shape index (κ2) is 14.4. The third-order valence-corrected chi connectivity index (χ3v) is 8.76. The monoisotopic (exact) mass is 618 g/mol. The van der Waals surface area contributed by atoms with Crippen molar-refractivity contribution >= 4 is 23.6 Å². The van der Waals surface area contributed by atoms with Crippen LogP contribution in [0.15, 0.2) is 54.9 Å². The highest BCUT2D eigenvalue weighted by Crippen LogP contribution is 2.29. The van der Waals surface area contributed by atoms with E-state index in [1.165, 1.54) is 6.20 Å². The molecule has 1 unspecified atom stereocenters. The molecule has 1 atom stereocenters. The highest BCUT2D eigenvalue weighted by Gasteiger charge is 2.31. The number of aromatic nitrogens is 2. The van der Waals surface area contributed by atoms with Gasteiger partial charge in [-0.05, 0) is 97.3 Å². The number of anilines is 2. The number of nitrogens with zero attached hydrogens (tertiary/aromatic N) is 4. The highest BCUT2D eigenvalue weighted by atomic mass is 19.1. The number of piperidine rings is 1. The summed E-state index contributed by atoms with van der Waals surface area (Å²) in [5.74, 6) is -0.00559. The molecule has 2 fully saturated rings. The lowest BCUT2D eigenvalue weighted by molar-refractivity contribution is -0.127. The molecule has 1 aromatic heterocycles. The van der Waals surface area contributed by atoms with E-state index < -0.39 is 11.4 Å². The van der Waals surface area contributed by atoms with Crippen LogP contribution in [0, 0.1) is 11.7 Å². The fourth-order valence-corrected chi connectivity index (χ4v) is 6.32. The zero-order valence-electron chi connectivity index (χ0n) is 27.0.